The van der Waals surface area contributed by atoms with Crippen molar-refractivity contribution in [2.75, 3.05) is 11.1 Å². The lowest BCUT2D eigenvalue weighted by molar-refractivity contribution is -0.120. The minimum absolute atomic E-state index is 0.0145. The molecule has 0 radical (unpaired) electrons. The van der Waals surface area contributed by atoms with Crippen molar-refractivity contribution in [3.8, 4) is 11.3 Å². The molecule has 0 saturated carbocycles. The van der Waals surface area contributed by atoms with Gasteiger partial charge in [-0.05, 0) is 25.0 Å². The Morgan fingerprint density at radius 2 is 2.12 bits per heavy atom. The highest BCUT2D eigenvalue weighted by atomic mass is 16.4. The summed E-state index contributed by atoms with van der Waals surface area (Å²) in [6.45, 7) is 4.11. The van der Waals surface area contributed by atoms with Crippen LogP contribution in [0.4, 0.5) is 16.4 Å². The molecule has 0 spiro atoms. The average molecular weight is 344 g/mol. The van der Waals surface area contributed by atoms with Crippen molar-refractivity contribution < 1.29 is 14.7 Å². The van der Waals surface area contributed by atoms with E-state index in [1.54, 1.807) is 24.3 Å². The van der Waals surface area contributed by atoms with Crippen LogP contribution in [0, 0.1) is 5.92 Å². The van der Waals surface area contributed by atoms with Crippen LogP contribution in [-0.2, 0) is 4.79 Å². The van der Waals surface area contributed by atoms with Crippen molar-refractivity contribution in [1.82, 2.24) is 9.55 Å². The number of nitrogen functional groups attached to an aromatic ring is 1. The van der Waals surface area contributed by atoms with Crippen molar-refractivity contribution in [2.24, 2.45) is 5.92 Å². The Morgan fingerprint density at radius 1 is 1.36 bits per heavy atom. The number of hydrogen-bond acceptors (Lipinski definition) is 4. The number of aromatic nitrogens is 2. The molecule has 0 aliphatic heterocycles. The molecular weight excluding hydrogens is 320 g/mol. The molecule has 134 valence electrons. The maximum Gasteiger partial charge on any atom is 0.418 e. The minimum atomic E-state index is -1.20. The molecule has 0 saturated heterocycles. The summed E-state index contributed by atoms with van der Waals surface area (Å²) in [5.41, 5.74) is 7.20. The number of carbonyl (C=O) groups excluding carboxylic acids is 1. The summed E-state index contributed by atoms with van der Waals surface area (Å²) >= 11 is 0. The van der Waals surface area contributed by atoms with Gasteiger partial charge in [0.2, 0.25) is 11.9 Å². The van der Waals surface area contributed by atoms with Gasteiger partial charge in [0, 0.05) is 17.2 Å². The summed E-state index contributed by atoms with van der Waals surface area (Å²) in [6, 6.07) is 7.01. The van der Waals surface area contributed by atoms with Crippen LogP contribution in [0.5, 0.6) is 0 Å². The number of nitrogens with one attached hydrogen (secondary N) is 1. The van der Waals surface area contributed by atoms with E-state index in [0.717, 1.165) is 30.3 Å². The summed E-state index contributed by atoms with van der Waals surface area (Å²) in [6.07, 6.45) is 3.92. The zero-order valence-electron chi connectivity index (χ0n) is 14.5. The number of unbranched alkanes of at least 4 members (excludes halogenated alkanes) is 1. The molecular formula is C18H24N4O3. The molecule has 0 bridgehead atoms. The van der Waals surface area contributed by atoms with E-state index in [2.05, 4.69) is 17.2 Å². The largest absolute Gasteiger partial charge is 0.464 e. The third-order valence-corrected chi connectivity index (χ3v) is 4.18. The summed E-state index contributed by atoms with van der Waals surface area (Å²) in [5.74, 6) is -0.134. The van der Waals surface area contributed by atoms with E-state index in [4.69, 9.17) is 5.73 Å². The molecule has 7 nitrogen and oxygen atoms in total. The van der Waals surface area contributed by atoms with E-state index in [1.165, 1.54) is 6.20 Å². The van der Waals surface area contributed by atoms with Gasteiger partial charge in [-0.3, -0.25) is 4.79 Å². The number of nitrogens with zero attached hydrogens (tertiary/aromatic N) is 2. The van der Waals surface area contributed by atoms with Crippen LogP contribution in [-0.4, -0.2) is 26.7 Å². The van der Waals surface area contributed by atoms with Gasteiger partial charge in [-0.15, -0.1) is 0 Å². The van der Waals surface area contributed by atoms with Crippen LogP contribution >= 0.6 is 0 Å². The lowest BCUT2D eigenvalue weighted by Gasteiger charge is -2.15. The van der Waals surface area contributed by atoms with Gasteiger partial charge < -0.3 is 16.2 Å². The quantitative estimate of drug-likeness (QED) is 0.707. The third kappa shape index (κ3) is 4.37. The van der Waals surface area contributed by atoms with Gasteiger partial charge in [-0.2, -0.15) is 0 Å². The first-order valence-corrected chi connectivity index (χ1v) is 8.45. The molecule has 1 aromatic carbocycles. The fraction of sp³-hybridized carbons (Fsp3) is 0.389. The smallest absolute Gasteiger partial charge is 0.418 e. The van der Waals surface area contributed by atoms with Crippen molar-refractivity contribution >= 4 is 23.6 Å². The van der Waals surface area contributed by atoms with Crippen LogP contribution in [0.15, 0.2) is 30.5 Å². The first-order chi connectivity index (χ1) is 12.0. The first kappa shape index (κ1) is 18.5. The molecule has 4 N–H and O–H groups in total. The molecule has 1 amide bonds. The number of rotatable bonds is 7. The SMILES string of the molecule is CCCCC(CC)C(=O)Nc1cccc(-c2cnc(N)n2C(=O)O)c1. The predicted molar refractivity (Wildman–Crippen MR) is 97.4 cm³/mol. The van der Waals surface area contributed by atoms with Crippen molar-refractivity contribution in [3.63, 3.8) is 0 Å². The van der Waals surface area contributed by atoms with Crippen molar-refractivity contribution in [2.45, 2.75) is 39.5 Å². The highest BCUT2D eigenvalue weighted by Gasteiger charge is 2.18. The van der Waals surface area contributed by atoms with Crippen LogP contribution < -0.4 is 11.1 Å². The molecule has 0 fully saturated rings. The number of carboxylic acid groups (broad SMARTS) is 1. The molecule has 2 aromatic rings. The normalized spacial score (nSPS) is 11.9. The Labute approximate surface area is 146 Å². The maximum absolute atomic E-state index is 12.4. The Balaban J connectivity index is 2.22. The van der Waals surface area contributed by atoms with Crippen LogP contribution in [0.1, 0.15) is 39.5 Å². The van der Waals surface area contributed by atoms with E-state index < -0.39 is 6.09 Å². The molecule has 2 rings (SSSR count). The number of benzene rings is 1. The highest BCUT2D eigenvalue weighted by molar-refractivity contribution is 5.93. The second-order valence-corrected chi connectivity index (χ2v) is 5.94. The van der Waals surface area contributed by atoms with E-state index in [-0.39, 0.29) is 17.8 Å². The topological polar surface area (TPSA) is 110 Å². The van der Waals surface area contributed by atoms with Gasteiger partial charge in [0.25, 0.3) is 0 Å². The van der Waals surface area contributed by atoms with Gasteiger partial charge in [0.1, 0.15) is 0 Å². The first-order valence-electron chi connectivity index (χ1n) is 8.45. The Kier molecular flexibility index (Phi) is 6.16. The number of carbonyl (C=O) groups is 2. The van der Waals surface area contributed by atoms with Crippen LogP contribution in [0.2, 0.25) is 0 Å². The Hall–Kier alpha value is -2.83. The molecule has 0 aliphatic rings. The van der Waals surface area contributed by atoms with E-state index in [0.29, 0.717) is 16.9 Å². The van der Waals surface area contributed by atoms with Crippen molar-refractivity contribution in [1.29, 1.82) is 0 Å². The zero-order valence-corrected chi connectivity index (χ0v) is 14.5. The summed E-state index contributed by atoms with van der Waals surface area (Å²) in [4.78, 5) is 27.6. The lowest BCUT2D eigenvalue weighted by Crippen LogP contribution is -2.22. The third-order valence-electron chi connectivity index (χ3n) is 4.18. The number of nitrogens with two attached hydrogens (primary N) is 1. The summed E-state index contributed by atoms with van der Waals surface area (Å²) in [7, 11) is 0. The molecule has 25 heavy (non-hydrogen) atoms. The monoisotopic (exact) mass is 344 g/mol. The standard InChI is InChI=1S/C18H24N4O3/c1-3-5-7-12(4-2)16(23)21-14-9-6-8-13(10-14)15-11-20-17(19)22(15)18(24)25/h6,8-12H,3-5,7H2,1-2H3,(H2,19,20)(H,21,23)(H,24,25). The van der Waals surface area contributed by atoms with Gasteiger partial charge in [0.15, 0.2) is 0 Å². The van der Waals surface area contributed by atoms with Crippen molar-refractivity contribution in [3.05, 3.63) is 30.5 Å². The van der Waals surface area contributed by atoms with E-state index in [9.17, 15) is 14.7 Å². The second-order valence-electron chi connectivity index (χ2n) is 5.94. The number of imidazole rings is 1. The number of amides is 1. The average Bonchev–Trinajstić information content (AvgIpc) is 2.97. The Bertz CT molecular complexity index is 755. The fourth-order valence-corrected chi connectivity index (χ4v) is 2.74. The summed E-state index contributed by atoms with van der Waals surface area (Å²) in [5, 5.41) is 12.2. The fourth-order valence-electron chi connectivity index (χ4n) is 2.74. The van der Waals surface area contributed by atoms with Gasteiger partial charge in [-0.25, -0.2) is 14.3 Å². The maximum atomic E-state index is 12.4. The molecule has 7 heteroatoms. The van der Waals surface area contributed by atoms with Gasteiger partial charge >= 0.3 is 6.09 Å². The van der Waals surface area contributed by atoms with Gasteiger partial charge in [-0.1, -0.05) is 38.8 Å². The van der Waals surface area contributed by atoms with Gasteiger partial charge in [0.05, 0.1) is 11.9 Å². The molecule has 1 unspecified atom stereocenters. The van der Waals surface area contributed by atoms with E-state index >= 15 is 0 Å². The zero-order chi connectivity index (χ0) is 18.4. The second kappa shape index (κ2) is 8.32. The van der Waals surface area contributed by atoms with Crippen LogP contribution in [0.3, 0.4) is 0 Å². The van der Waals surface area contributed by atoms with E-state index in [1.807, 2.05) is 6.92 Å². The predicted octanol–water partition coefficient (Wildman–Crippen LogP) is 3.81. The molecule has 1 heterocycles. The number of hydrogen-bond donors (Lipinski definition) is 3. The molecule has 1 atom stereocenters. The number of anilines is 2. The Morgan fingerprint density at radius 3 is 2.76 bits per heavy atom. The molecule has 1 aromatic heterocycles. The summed E-state index contributed by atoms with van der Waals surface area (Å²) < 4.78 is 0.914. The minimum Gasteiger partial charge on any atom is -0.464 e. The lowest BCUT2D eigenvalue weighted by atomic mass is 9.98. The molecule has 0 aliphatic carbocycles. The van der Waals surface area contributed by atoms with Crippen LogP contribution in [0.25, 0.3) is 11.3 Å². The highest BCUT2D eigenvalue weighted by Crippen LogP contribution is 2.25.